The summed E-state index contributed by atoms with van der Waals surface area (Å²) in [7, 11) is 0. The molecule has 1 N–H and O–H groups in total. The van der Waals surface area contributed by atoms with Crippen LogP contribution in [0.25, 0.3) is 0 Å². The van der Waals surface area contributed by atoms with Crippen molar-refractivity contribution in [3.05, 3.63) is 40.1 Å². The van der Waals surface area contributed by atoms with Crippen molar-refractivity contribution in [2.45, 2.75) is 32.4 Å². The predicted octanol–water partition coefficient (Wildman–Crippen LogP) is 3.30. The van der Waals surface area contributed by atoms with E-state index in [1.165, 1.54) is 11.8 Å². The quantitative estimate of drug-likeness (QED) is 0.666. The Morgan fingerprint density at radius 1 is 1.28 bits per heavy atom. The molecular formula is C21H24N2O5S. The van der Waals surface area contributed by atoms with Gasteiger partial charge in [-0.15, -0.1) is 11.3 Å². The van der Waals surface area contributed by atoms with E-state index in [9.17, 15) is 9.59 Å². The Morgan fingerprint density at radius 2 is 2.10 bits per heavy atom. The number of ether oxygens (including phenoxy) is 3. The van der Waals surface area contributed by atoms with Gasteiger partial charge in [-0.25, -0.2) is 0 Å². The van der Waals surface area contributed by atoms with Crippen molar-refractivity contribution in [3.8, 4) is 11.5 Å². The summed E-state index contributed by atoms with van der Waals surface area (Å²) in [6.45, 7) is 3.96. The molecule has 4 rings (SSSR count). The number of fused-ring (bicyclic) bond motifs is 1. The number of amides is 1. The second-order valence-corrected chi connectivity index (χ2v) is 8.27. The molecule has 154 valence electrons. The zero-order chi connectivity index (χ0) is 20.2. The van der Waals surface area contributed by atoms with Gasteiger partial charge in [0.05, 0.1) is 18.3 Å². The van der Waals surface area contributed by atoms with Crippen LogP contribution in [0.15, 0.2) is 29.6 Å². The number of carbonyl (C=O) groups is 2. The molecule has 0 radical (unpaired) electrons. The number of hydrogen-bond donors (Lipinski definition) is 1. The SMILES string of the molecule is CC(=O)c1cc2c(cc1NC(=O)CN(Cc1cccs1)C[C@H]1CCCO1)OCO2. The number of nitrogens with zero attached hydrogens (tertiary/aromatic N) is 1. The molecule has 0 saturated carbocycles. The number of hydrogen-bond acceptors (Lipinski definition) is 7. The van der Waals surface area contributed by atoms with Gasteiger partial charge in [-0.05, 0) is 37.3 Å². The highest BCUT2D eigenvalue weighted by molar-refractivity contribution is 7.09. The fraction of sp³-hybridized carbons (Fsp3) is 0.429. The van der Waals surface area contributed by atoms with Crippen molar-refractivity contribution in [3.63, 3.8) is 0 Å². The van der Waals surface area contributed by atoms with Crippen LogP contribution in [0.2, 0.25) is 0 Å². The van der Waals surface area contributed by atoms with Gasteiger partial charge in [0, 0.05) is 36.2 Å². The van der Waals surface area contributed by atoms with Crippen LogP contribution in [0.4, 0.5) is 5.69 Å². The van der Waals surface area contributed by atoms with Crippen LogP contribution in [0.1, 0.15) is 35.0 Å². The third kappa shape index (κ3) is 4.95. The Kier molecular flexibility index (Phi) is 6.13. The molecule has 2 aliphatic rings. The van der Waals surface area contributed by atoms with Gasteiger partial charge >= 0.3 is 0 Å². The highest BCUT2D eigenvalue weighted by Gasteiger charge is 2.23. The van der Waals surface area contributed by atoms with Gasteiger partial charge in [-0.2, -0.15) is 0 Å². The number of anilines is 1. The van der Waals surface area contributed by atoms with Gasteiger partial charge < -0.3 is 19.5 Å². The maximum atomic E-state index is 12.8. The van der Waals surface area contributed by atoms with Crippen molar-refractivity contribution >= 4 is 28.7 Å². The van der Waals surface area contributed by atoms with Crippen molar-refractivity contribution in [2.75, 3.05) is 31.8 Å². The number of benzene rings is 1. The molecule has 0 unspecified atom stereocenters. The smallest absolute Gasteiger partial charge is 0.238 e. The van der Waals surface area contributed by atoms with Crippen molar-refractivity contribution < 1.29 is 23.8 Å². The van der Waals surface area contributed by atoms with Gasteiger partial charge in [0.2, 0.25) is 12.7 Å². The van der Waals surface area contributed by atoms with Crippen LogP contribution in [0.5, 0.6) is 11.5 Å². The Morgan fingerprint density at radius 3 is 2.79 bits per heavy atom. The van der Waals surface area contributed by atoms with Gasteiger partial charge in [-0.1, -0.05) is 6.07 Å². The van der Waals surface area contributed by atoms with E-state index >= 15 is 0 Å². The summed E-state index contributed by atoms with van der Waals surface area (Å²) in [5.41, 5.74) is 0.853. The van der Waals surface area contributed by atoms with Crippen LogP contribution in [0.3, 0.4) is 0 Å². The summed E-state index contributed by atoms with van der Waals surface area (Å²) in [6, 6.07) is 7.35. The number of nitrogens with one attached hydrogen (secondary N) is 1. The normalized spacial score (nSPS) is 17.7. The first-order valence-electron chi connectivity index (χ1n) is 9.69. The summed E-state index contributed by atoms with van der Waals surface area (Å²) < 4.78 is 16.5. The monoisotopic (exact) mass is 416 g/mol. The fourth-order valence-corrected chi connectivity index (χ4v) is 4.36. The summed E-state index contributed by atoms with van der Waals surface area (Å²) in [4.78, 5) is 28.2. The molecule has 2 aromatic rings. The van der Waals surface area contributed by atoms with Crippen LogP contribution < -0.4 is 14.8 Å². The predicted molar refractivity (Wildman–Crippen MR) is 110 cm³/mol. The molecule has 1 fully saturated rings. The zero-order valence-corrected chi connectivity index (χ0v) is 17.1. The number of Topliss-reactive ketones (excluding diaryl/α,β-unsaturated/α-hetero) is 1. The van der Waals surface area contributed by atoms with E-state index < -0.39 is 0 Å². The number of ketones is 1. The molecule has 0 bridgehead atoms. The molecule has 1 saturated heterocycles. The van der Waals surface area contributed by atoms with Crippen LogP contribution in [-0.4, -0.2) is 49.2 Å². The second kappa shape index (κ2) is 8.94. The van der Waals surface area contributed by atoms with E-state index in [0.717, 1.165) is 19.4 Å². The summed E-state index contributed by atoms with van der Waals surface area (Å²) >= 11 is 1.67. The van der Waals surface area contributed by atoms with Gasteiger partial charge in [0.25, 0.3) is 0 Å². The molecule has 1 amide bonds. The number of thiophene rings is 1. The molecule has 1 aromatic carbocycles. The topological polar surface area (TPSA) is 77.1 Å². The molecule has 1 atom stereocenters. The fourth-order valence-electron chi connectivity index (χ4n) is 3.61. The largest absolute Gasteiger partial charge is 0.454 e. The molecule has 7 nitrogen and oxygen atoms in total. The first-order chi connectivity index (χ1) is 14.1. The van der Waals surface area contributed by atoms with Gasteiger partial charge in [-0.3, -0.25) is 14.5 Å². The van der Waals surface area contributed by atoms with Crippen LogP contribution in [0, 0.1) is 0 Å². The van der Waals surface area contributed by atoms with Crippen molar-refractivity contribution in [2.24, 2.45) is 0 Å². The lowest BCUT2D eigenvalue weighted by Crippen LogP contribution is -2.37. The van der Waals surface area contributed by atoms with Gasteiger partial charge in [0.15, 0.2) is 17.3 Å². The maximum Gasteiger partial charge on any atom is 0.238 e. The standard InChI is InChI=1S/C21H24N2O5S/c1-14(24)17-8-19-20(28-13-27-19)9-18(17)22-21(25)12-23(10-15-4-2-6-26-15)11-16-5-3-7-29-16/h3,5,7-9,15H,2,4,6,10-13H2,1H3,(H,22,25)/t15-/m1/s1. The third-order valence-corrected chi connectivity index (χ3v) is 5.84. The van der Waals surface area contributed by atoms with Crippen molar-refractivity contribution in [1.29, 1.82) is 0 Å². The lowest BCUT2D eigenvalue weighted by molar-refractivity contribution is -0.117. The molecular weight excluding hydrogens is 392 g/mol. The Bertz CT molecular complexity index is 877. The average molecular weight is 416 g/mol. The highest BCUT2D eigenvalue weighted by atomic mass is 32.1. The lowest BCUT2D eigenvalue weighted by atomic mass is 10.1. The van der Waals surface area contributed by atoms with E-state index in [4.69, 9.17) is 14.2 Å². The molecule has 1 aromatic heterocycles. The van der Waals surface area contributed by atoms with Crippen molar-refractivity contribution in [1.82, 2.24) is 4.90 Å². The zero-order valence-electron chi connectivity index (χ0n) is 16.3. The average Bonchev–Trinajstić information content (AvgIpc) is 3.43. The summed E-state index contributed by atoms with van der Waals surface area (Å²) in [6.07, 6.45) is 2.23. The minimum Gasteiger partial charge on any atom is -0.454 e. The first-order valence-corrected chi connectivity index (χ1v) is 10.6. The van der Waals surface area contributed by atoms with E-state index in [2.05, 4.69) is 16.3 Å². The lowest BCUT2D eigenvalue weighted by Gasteiger charge is -2.24. The first kappa shape index (κ1) is 19.9. The minimum atomic E-state index is -0.180. The van der Waals surface area contributed by atoms with E-state index in [0.29, 0.717) is 35.8 Å². The third-order valence-electron chi connectivity index (χ3n) is 4.98. The Hall–Kier alpha value is -2.42. The summed E-state index contributed by atoms with van der Waals surface area (Å²) in [5.74, 6) is 0.723. The molecule has 29 heavy (non-hydrogen) atoms. The summed E-state index contributed by atoms with van der Waals surface area (Å²) in [5, 5.41) is 4.92. The second-order valence-electron chi connectivity index (χ2n) is 7.24. The number of rotatable bonds is 8. The van der Waals surface area contributed by atoms with E-state index in [1.54, 1.807) is 23.5 Å². The molecule has 0 spiro atoms. The van der Waals surface area contributed by atoms with E-state index in [1.807, 2.05) is 11.4 Å². The molecule has 3 heterocycles. The van der Waals surface area contributed by atoms with Gasteiger partial charge in [0.1, 0.15) is 0 Å². The molecule has 8 heteroatoms. The van der Waals surface area contributed by atoms with Crippen LogP contribution >= 0.6 is 11.3 Å². The van der Waals surface area contributed by atoms with Crippen LogP contribution in [-0.2, 0) is 16.1 Å². The Balaban J connectivity index is 1.46. The van der Waals surface area contributed by atoms with E-state index in [-0.39, 0.29) is 31.1 Å². The maximum absolute atomic E-state index is 12.8. The Labute approximate surface area is 173 Å². The molecule has 2 aliphatic heterocycles. The minimum absolute atomic E-state index is 0.111. The molecule has 0 aliphatic carbocycles. The number of carbonyl (C=O) groups excluding carboxylic acids is 2. The highest BCUT2D eigenvalue weighted by Crippen LogP contribution is 2.37.